The van der Waals surface area contributed by atoms with Gasteiger partial charge in [-0.05, 0) is 29.7 Å². The molecule has 2 aromatic carbocycles. The third kappa shape index (κ3) is 3.63. The zero-order chi connectivity index (χ0) is 11.9. The molecule has 1 heteroatoms. The molecule has 17 heavy (non-hydrogen) atoms. The zero-order valence-electron chi connectivity index (χ0n) is 10.1. The largest absolute Gasteiger partial charge is 0.488 e. The lowest BCUT2D eigenvalue weighted by Gasteiger charge is -2.06. The highest BCUT2D eigenvalue weighted by molar-refractivity contribution is 5.26. The molecule has 0 aliphatic carbocycles. The highest BCUT2D eigenvalue weighted by Gasteiger charge is 1.96. The third-order valence-corrected chi connectivity index (χ3v) is 2.62. The molecule has 0 saturated heterocycles. The van der Waals surface area contributed by atoms with Crippen LogP contribution in [0, 0.1) is 6.07 Å². The van der Waals surface area contributed by atoms with E-state index in [1.807, 2.05) is 30.3 Å². The fourth-order valence-corrected chi connectivity index (χ4v) is 1.71. The second-order valence-electron chi connectivity index (χ2n) is 4.09. The Bertz CT molecular complexity index is 431. The molecule has 1 radical (unpaired) electrons. The molecule has 0 bridgehead atoms. The fraction of sp³-hybridized carbons (Fsp3) is 0.250. The molecule has 0 unspecified atom stereocenters. The Morgan fingerprint density at radius 3 is 2.47 bits per heavy atom. The second-order valence-corrected chi connectivity index (χ2v) is 4.09. The van der Waals surface area contributed by atoms with Crippen molar-refractivity contribution in [2.24, 2.45) is 0 Å². The van der Waals surface area contributed by atoms with Crippen molar-refractivity contribution < 1.29 is 4.74 Å². The molecule has 0 spiro atoms. The van der Waals surface area contributed by atoms with Crippen LogP contribution in [0.15, 0.2) is 48.5 Å². The first-order chi connectivity index (χ1) is 8.38. The Morgan fingerprint density at radius 1 is 1.00 bits per heavy atom. The van der Waals surface area contributed by atoms with E-state index < -0.39 is 0 Å². The molecule has 2 aromatic rings. The van der Waals surface area contributed by atoms with Gasteiger partial charge in [0.2, 0.25) is 0 Å². The van der Waals surface area contributed by atoms with Crippen LogP contribution in [0.3, 0.4) is 0 Å². The van der Waals surface area contributed by atoms with Crippen molar-refractivity contribution in [2.75, 3.05) is 0 Å². The van der Waals surface area contributed by atoms with Gasteiger partial charge in [0.05, 0.1) is 0 Å². The van der Waals surface area contributed by atoms with Crippen LogP contribution in [0.1, 0.15) is 24.5 Å². The highest BCUT2D eigenvalue weighted by Crippen LogP contribution is 2.14. The second kappa shape index (κ2) is 6.09. The molecule has 2 rings (SSSR count). The van der Waals surface area contributed by atoms with Gasteiger partial charge in [0.25, 0.3) is 0 Å². The van der Waals surface area contributed by atoms with E-state index in [-0.39, 0.29) is 0 Å². The summed E-state index contributed by atoms with van der Waals surface area (Å²) < 4.78 is 5.67. The number of rotatable bonds is 5. The summed E-state index contributed by atoms with van der Waals surface area (Å²) in [6.45, 7) is 2.78. The van der Waals surface area contributed by atoms with Gasteiger partial charge in [-0.1, -0.05) is 49.7 Å². The van der Waals surface area contributed by atoms with Crippen molar-refractivity contribution in [1.29, 1.82) is 0 Å². The molecule has 1 nitrogen and oxygen atoms in total. The summed E-state index contributed by atoms with van der Waals surface area (Å²) in [5.74, 6) is 0.814. The van der Waals surface area contributed by atoms with Crippen molar-refractivity contribution in [2.45, 2.75) is 26.4 Å². The van der Waals surface area contributed by atoms with Crippen LogP contribution in [-0.4, -0.2) is 0 Å². The summed E-state index contributed by atoms with van der Waals surface area (Å²) in [5, 5.41) is 0. The first-order valence-electron chi connectivity index (χ1n) is 6.06. The number of hydrogen-bond donors (Lipinski definition) is 0. The minimum Gasteiger partial charge on any atom is -0.488 e. The fourth-order valence-electron chi connectivity index (χ4n) is 1.71. The van der Waals surface area contributed by atoms with E-state index in [0.29, 0.717) is 6.61 Å². The molecule has 0 aromatic heterocycles. The van der Waals surface area contributed by atoms with Crippen LogP contribution in [0.4, 0.5) is 0 Å². The first-order valence-corrected chi connectivity index (χ1v) is 6.06. The Balaban J connectivity index is 1.91. The van der Waals surface area contributed by atoms with Crippen molar-refractivity contribution in [1.82, 2.24) is 0 Å². The van der Waals surface area contributed by atoms with Gasteiger partial charge in [-0.2, -0.15) is 0 Å². The third-order valence-electron chi connectivity index (χ3n) is 2.62. The normalized spacial score (nSPS) is 10.2. The predicted molar refractivity (Wildman–Crippen MR) is 70.0 cm³/mol. The average Bonchev–Trinajstić information content (AvgIpc) is 2.40. The quantitative estimate of drug-likeness (QED) is 0.746. The topological polar surface area (TPSA) is 9.23 Å². The molecule has 0 saturated carbocycles. The van der Waals surface area contributed by atoms with Crippen molar-refractivity contribution >= 4 is 0 Å². The minimum atomic E-state index is 0.602. The van der Waals surface area contributed by atoms with Crippen LogP contribution in [-0.2, 0) is 13.0 Å². The lowest BCUT2D eigenvalue weighted by molar-refractivity contribution is 0.305. The number of ether oxygens (including phenoxy) is 1. The molecule has 0 aliphatic rings. The predicted octanol–water partition coefficient (Wildman–Crippen LogP) is 4.02. The molecular formula is C16H17O. The molecule has 0 heterocycles. The van der Waals surface area contributed by atoms with E-state index in [0.717, 1.165) is 18.6 Å². The van der Waals surface area contributed by atoms with Gasteiger partial charge < -0.3 is 4.74 Å². The van der Waals surface area contributed by atoms with Crippen molar-refractivity contribution in [3.63, 3.8) is 0 Å². The summed E-state index contributed by atoms with van der Waals surface area (Å²) in [5.41, 5.74) is 2.50. The van der Waals surface area contributed by atoms with E-state index in [2.05, 4.69) is 31.2 Å². The van der Waals surface area contributed by atoms with Crippen LogP contribution < -0.4 is 4.74 Å². The van der Waals surface area contributed by atoms with Gasteiger partial charge >= 0.3 is 0 Å². The molecular weight excluding hydrogens is 208 g/mol. The SMILES string of the molecule is CCCc1c[c]c(OCc2ccccc2)cc1. The number of hydrogen-bond acceptors (Lipinski definition) is 1. The van der Waals surface area contributed by atoms with E-state index in [4.69, 9.17) is 4.74 Å². The Kier molecular flexibility index (Phi) is 4.20. The van der Waals surface area contributed by atoms with Gasteiger partial charge in [-0.3, -0.25) is 0 Å². The molecule has 0 aliphatic heterocycles. The van der Waals surface area contributed by atoms with E-state index >= 15 is 0 Å². The summed E-state index contributed by atoms with van der Waals surface area (Å²) in [6, 6.07) is 19.5. The Morgan fingerprint density at radius 2 is 1.82 bits per heavy atom. The maximum Gasteiger partial charge on any atom is 0.127 e. The van der Waals surface area contributed by atoms with Crippen LogP contribution in [0.2, 0.25) is 0 Å². The summed E-state index contributed by atoms with van der Waals surface area (Å²) in [6.07, 6.45) is 2.27. The Labute approximate surface area is 103 Å². The maximum atomic E-state index is 5.67. The molecule has 87 valence electrons. The van der Waals surface area contributed by atoms with Gasteiger partial charge in [-0.25, -0.2) is 0 Å². The standard InChI is InChI=1S/C16H17O/c1-2-6-14-9-11-16(12-10-14)17-13-15-7-4-3-5-8-15/h3-5,7-11H,2,6,13H2,1H3. The lowest BCUT2D eigenvalue weighted by Crippen LogP contribution is -1.95. The van der Waals surface area contributed by atoms with Gasteiger partial charge in [0.15, 0.2) is 0 Å². The van der Waals surface area contributed by atoms with Crippen LogP contribution in [0.5, 0.6) is 5.75 Å². The Hall–Kier alpha value is -1.76. The zero-order valence-corrected chi connectivity index (χ0v) is 10.1. The highest BCUT2D eigenvalue weighted by atomic mass is 16.5. The van der Waals surface area contributed by atoms with Crippen molar-refractivity contribution in [3.8, 4) is 5.75 Å². The summed E-state index contributed by atoms with van der Waals surface area (Å²) in [4.78, 5) is 0. The summed E-state index contributed by atoms with van der Waals surface area (Å²) in [7, 11) is 0. The monoisotopic (exact) mass is 225 g/mol. The van der Waals surface area contributed by atoms with E-state index in [9.17, 15) is 0 Å². The van der Waals surface area contributed by atoms with E-state index in [1.54, 1.807) is 0 Å². The number of benzene rings is 2. The van der Waals surface area contributed by atoms with Gasteiger partial charge in [-0.15, -0.1) is 0 Å². The molecule has 0 atom stereocenters. The first kappa shape index (κ1) is 11.7. The minimum absolute atomic E-state index is 0.602. The van der Waals surface area contributed by atoms with Crippen LogP contribution >= 0.6 is 0 Å². The molecule has 0 N–H and O–H groups in total. The lowest BCUT2D eigenvalue weighted by atomic mass is 10.1. The van der Waals surface area contributed by atoms with Crippen LogP contribution in [0.25, 0.3) is 0 Å². The van der Waals surface area contributed by atoms with E-state index in [1.165, 1.54) is 11.1 Å². The number of aryl methyl sites for hydroxylation is 1. The smallest absolute Gasteiger partial charge is 0.127 e. The average molecular weight is 225 g/mol. The van der Waals surface area contributed by atoms with Gasteiger partial charge in [0.1, 0.15) is 12.4 Å². The maximum absolute atomic E-state index is 5.67. The van der Waals surface area contributed by atoms with Crippen molar-refractivity contribution in [3.05, 3.63) is 65.7 Å². The van der Waals surface area contributed by atoms with Gasteiger partial charge in [0, 0.05) is 6.07 Å². The molecule has 0 amide bonds. The molecule has 0 fully saturated rings. The summed E-state index contributed by atoms with van der Waals surface area (Å²) >= 11 is 0.